The summed E-state index contributed by atoms with van der Waals surface area (Å²) in [5.74, 6) is 1.36. The Kier molecular flexibility index (Phi) is 6.49. The molecule has 3 aromatic rings. The SMILES string of the molecule is CCC[NH+](Cc1nnc(-c2ccco2)o1)[C@@H](C)C(=O)Nc1c(C)cc(C)cc1C. The van der Waals surface area contributed by atoms with Gasteiger partial charge in [0.2, 0.25) is 0 Å². The van der Waals surface area contributed by atoms with Crippen LogP contribution in [0.2, 0.25) is 0 Å². The van der Waals surface area contributed by atoms with Crippen molar-refractivity contribution in [2.45, 2.75) is 53.6 Å². The van der Waals surface area contributed by atoms with Crippen molar-refractivity contribution in [3.05, 3.63) is 53.1 Å². The summed E-state index contributed by atoms with van der Waals surface area (Å²) in [6, 6.07) is 7.44. The lowest BCUT2D eigenvalue weighted by Gasteiger charge is -2.24. The van der Waals surface area contributed by atoms with E-state index in [1.54, 1.807) is 18.4 Å². The Hall–Kier alpha value is -2.93. The van der Waals surface area contributed by atoms with Crippen LogP contribution in [0.3, 0.4) is 0 Å². The van der Waals surface area contributed by atoms with E-state index in [0.29, 0.717) is 24.1 Å². The normalized spacial score (nSPS) is 13.3. The van der Waals surface area contributed by atoms with E-state index in [9.17, 15) is 4.79 Å². The Morgan fingerprint density at radius 1 is 1.21 bits per heavy atom. The fraction of sp³-hybridized carbons (Fsp3) is 0.409. The number of aryl methyl sites for hydroxylation is 3. The van der Waals surface area contributed by atoms with Gasteiger partial charge < -0.3 is 19.1 Å². The highest BCUT2D eigenvalue weighted by molar-refractivity contribution is 5.95. The summed E-state index contributed by atoms with van der Waals surface area (Å²) >= 11 is 0. The van der Waals surface area contributed by atoms with Gasteiger partial charge in [-0.05, 0) is 57.4 Å². The Morgan fingerprint density at radius 3 is 2.55 bits per heavy atom. The van der Waals surface area contributed by atoms with Crippen LogP contribution in [-0.4, -0.2) is 28.7 Å². The first kappa shape index (κ1) is 20.8. The topological polar surface area (TPSA) is 85.6 Å². The van der Waals surface area contributed by atoms with Crippen LogP contribution in [0.5, 0.6) is 0 Å². The van der Waals surface area contributed by atoms with Crippen LogP contribution >= 0.6 is 0 Å². The summed E-state index contributed by atoms with van der Waals surface area (Å²) in [5, 5.41) is 11.3. The van der Waals surface area contributed by atoms with E-state index in [2.05, 4.69) is 41.5 Å². The fourth-order valence-corrected chi connectivity index (χ4v) is 3.59. The molecule has 1 amide bonds. The van der Waals surface area contributed by atoms with E-state index in [0.717, 1.165) is 34.7 Å². The van der Waals surface area contributed by atoms with Crippen LogP contribution in [0.15, 0.2) is 39.4 Å². The molecular formula is C22H29N4O3+. The van der Waals surface area contributed by atoms with E-state index < -0.39 is 0 Å². The van der Waals surface area contributed by atoms with E-state index in [-0.39, 0.29) is 11.9 Å². The Balaban J connectivity index is 1.72. The lowest BCUT2D eigenvalue weighted by Crippen LogP contribution is -3.15. The molecule has 0 saturated carbocycles. The van der Waals surface area contributed by atoms with Crippen molar-refractivity contribution >= 4 is 11.6 Å². The number of aromatic nitrogens is 2. The Bertz CT molecular complexity index is 939. The summed E-state index contributed by atoms with van der Waals surface area (Å²) in [7, 11) is 0. The molecule has 0 aliphatic rings. The molecule has 0 fully saturated rings. The fourth-order valence-electron chi connectivity index (χ4n) is 3.59. The van der Waals surface area contributed by atoms with Gasteiger partial charge in [0.25, 0.3) is 17.7 Å². The molecule has 2 heterocycles. The van der Waals surface area contributed by atoms with Gasteiger partial charge in [0.15, 0.2) is 18.3 Å². The molecule has 1 unspecified atom stereocenters. The van der Waals surface area contributed by atoms with E-state index in [1.165, 1.54) is 5.56 Å². The van der Waals surface area contributed by atoms with Crippen LogP contribution < -0.4 is 10.2 Å². The second kappa shape index (κ2) is 9.05. The van der Waals surface area contributed by atoms with Gasteiger partial charge in [-0.1, -0.05) is 24.6 Å². The second-order valence-corrected chi connectivity index (χ2v) is 7.55. The number of hydrogen-bond donors (Lipinski definition) is 2. The van der Waals surface area contributed by atoms with Gasteiger partial charge in [0.1, 0.15) is 0 Å². The van der Waals surface area contributed by atoms with Gasteiger partial charge in [0.05, 0.1) is 12.8 Å². The summed E-state index contributed by atoms with van der Waals surface area (Å²) < 4.78 is 11.0. The molecule has 1 aromatic carbocycles. The van der Waals surface area contributed by atoms with Crippen LogP contribution in [0, 0.1) is 20.8 Å². The minimum atomic E-state index is -0.269. The number of amides is 1. The summed E-state index contributed by atoms with van der Waals surface area (Å²) in [6.07, 6.45) is 2.50. The highest BCUT2D eigenvalue weighted by atomic mass is 16.4. The number of carbonyl (C=O) groups excluding carboxylic acids is 1. The molecule has 2 atom stereocenters. The van der Waals surface area contributed by atoms with Gasteiger partial charge in [-0.25, -0.2) is 0 Å². The molecular weight excluding hydrogens is 368 g/mol. The number of furan rings is 1. The largest absolute Gasteiger partial charge is 0.459 e. The number of rotatable bonds is 8. The summed E-state index contributed by atoms with van der Waals surface area (Å²) in [5.41, 5.74) is 4.22. The van der Waals surface area contributed by atoms with Crippen LogP contribution in [0.1, 0.15) is 42.8 Å². The van der Waals surface area contributed by atoms with Crippen LogP contribution in [0.25, 0.3) is 11.7 Å². The summed E-state index contributed by atoms with van der Waals surface area (Å²) in [4.78, 5) is 14.1. The third-order valence-electron chi connectivity index (χ3n) is 5.08. The maximum Gasteiger partial charge on any atom is 0.283 e. The maximum absolute atomic E-state index is 13.0. The minimum absolute atomic E-state index is 0.0192. The molecule has 29 heavy (non-hydrogen) atoms. The molecule has 0 radical (unpaired) electrons. The Labute approximate surface area is 171 Å². The molecule has 0 aliphatic carbocycles. The van der Waals surface area contributed by atoms with Gasteiger partial charge in [-0.3, -0.25) is 4.79 Å². The number of carbonyl (C=O) groups is 1. The van der Waals surface area contributed by atoms with Gasteiger partial charge >= 0.3 is 0 Å². The molecule has 2 N–H and O–H groups in total. The third kappa shape index (κ3) is 4.92. The molecule has 154 valence electrons. The number of quaternary nitrogens is 1. The molecule has 7 nitrogen and oxygen atoms in total. The van der Waals surface area contributed by atoms with Crippen molar-refractivity contribution in [1.82, 2.24) is 10.2 Å². The predicted octanol–water partition coefficient (Wildman–Crippen LogP) is 3.08. The lowest BCUT2D eigenvalue weighted by atomic mass is 10.0. The third-order valence-corrected chi connectivity index (χ3v) is 5.08. The first-order valence-corrected chi connectivity index (χ1v) is 9.98. The van der Waals surface area contributed by atoms with Gasteiger partial charge in [-0.15, -0.1) is 10.2 Å². The first-order valence-electron chi connectivity index (χ1n) is 9.98. The van der Waals surface area contributed by atoms with E-state index in [4.69, 9.17) is 8.83 Å². The Morgan fingerprint density at radius 2 is 1.93 bits per heavy atom. The van der Waals surface area contributed by atoms with E-state index >= 15 is 0 Å². The second-order valence-electron chi connectivity index (χ2n) is 7.55. The van der Waals surface area contributed by atoms with Crippen molar-refractivity contribution in [1.29, 1.82) is 0 Å². The highest BCUT2D eigenvalue weighted by Gasteiger charge is 2.27. The standard InChI is InChI=1S/C22H28N4O3/c1-6-9-26(13-19-24-25-22(29-19)18-8-7-10-28-18)17(5)21(27)23-20-15(3)11-14(2)12-16(20)4/h7-8,10-12,17H,6,9,13H2,1-5H3,(H,23,27)/p+1/t17-/m0/s1. The smallest absolute Gasteiger partial charge is 0.283 e. The zero-order valence-corrected chi connectivity index (χ0v) is 17.7. The molecule has 0 saturated heterocycles. The zero-order chi connectivity index (χ0) is 21.0. The highest BCUT2D eigenvalue weighted by Crippen LogP contribution is 2.22. The van der Waals surface area contributed by atoms with Crippen molar-refractivity contribution in [3.8, 4) is 11.7 Å². The molecule has 0 aliphatic heterocycles. The molecule has 7 heteroatoms. The maximum atomic E-state index is 13.0. The number of nitrogens with one attached hydrogen (secondary N) is 2. The van der Waals surface area contributed by atoms with Crippen molar-refractivity contribution in [2.75, 3.05) is 11.9 Å². The average Bonchev–Trinajstić information content (AvgIpc) is 3.35. The number of anilines is 1. The lowest BCUT2D eigenvalue weighted by molar-refractivity contribution is -0.928. The number of benzene rings is 1. The zero-order valence-electron chi connectivity index (χ0n) is 17.7. The van der Waals surface area contributed by atoms with Crippen molar-refractivity contribution in [3.63, 3.8) is 0 Å². The summed E-state index contributed by atoms with van der Waals surface area (Å²) in [6.45, 7) is 11.4. The quantitative estimate of drug-likeness (QED) is 0.610. The van der Waals surface area contributed by atoms with Crippen molar-refractivity contribution in [2.24, 2.45) is 0 Å². The van der Waals surface area contributed by atoms with Crippen molar-refractivity contribution < 1.29 is 18.5 Å². The predicted molar refractivity (Wildman–Crippen MR) is 111 cm³/mol. The van der Waals surface area contributed by atoms with Gasteiger partial charge in [-0.2, -0.15) is 0 Å². The minimum Gasteiger partial charge on any atom is -0.459 e. The van der Waals surface area contributed by atoms with Crippen LogP contribution in [-0.2, 0) is 11.3 Å². The van der Waals surface area contributed by atoms with Gasteiger partial charge in [0, 0.05) is 5.69 Å². The molecule has 2 aromatic heterocycles. The van der Waals surface area contributed by atoms with Crippen LogP contribution in [0.4, 0.5) is 5.69 Å². The number of nitrogens with zero attached hydrogens (tertiary/aromatic N) is 2. The molecule has 0 bridgehead atoms. The monoisotopic (exact) mass is 397 g/mol. The average molecular weight is 397 g/mol. The molecule has 0 spiro atoms. The molecule has 3 rings (SSSR count). The number of hydrogen-bond acceptors (Lipinski definition) is 5. The first-order chi connectivity index (χ1) is 13.9. The van der Waals surface area contributed by atoms with E-state index in [1.807, 2.05) is 20.8 Å².